The first-order valence-electron chi connectivity index (χ1n) is 9.35. The van der Waals surface area contributed by atoms with Gasteiger partial charge in [0.1, 0.15) is 5.75 Å². The van der Waals surface area contributed by atoms with Gasteiger partial charge < -0.3 is 19.8 Å². The van der Waals surface area contributed by atoms with E-state index in [9.17, 15) is 14.7 Å². The monoisotopic (exact) mass is 402 g/mol. The van der Waals surface area contributed by atoms with Crippen LogP contribution < -0.4 is 0 Å². The van der Waals surface area contributed by atoms with Crippen LogP contribution in [0.4, 0.5) is 0 Å². The van der Waals surface area contributed by atoms with Gasteiger partial charge in [-0.25, -0.2) is 4.99 Å². The predicted molar refractivity (Wildman–Crippen MR) is 112 cm³/mol. The maximum absolute atomic E-state index is 12.8. The third kappa shape index (κ3) is 4.56. The number of phenolic OH excluding ortho intramolecular Hbond substituents is 1. The lowest BCUT2D eigenvalue weighted by Gasteiger charge is -2.34. The van der Waals surface area contributed by atoms with Gasteiger partial charge in [-0.3, -0.25) is 9.59 Å². The average Bonchev–Trinajstić information content (AvgIpc) is 2.71. The molecule has 0 aliphatic carbocycles. The average molecular weight is 403 g/mol. The van der Waals surface area contributed by atoms with Crippen molar-refractivity contribution in [3.63, 3.8) is 0 Å². The Hall–Kier alpha value is -2.32. The molecular weight excluding hydrogens is 376 g/mol. The minimum absolute atomic E-state index is 0.00142. The maximum Gasteiger partial charge on any atom is 0.233 e. The van der Waals surface area contributed by atoms with Crippen molar-refractivity contribution in [3.8, 4) is 5.75 Å². The van der Waals surface area contributed by atoms with Crippen molar-refractivity contribution < 1.29 is 14.7 Å². The third-order valence-electron chi connectivity index (χ3n) is 5.19. The van der Waals surface area contributed by atoms with E-state index in [4.69, 9.17) is 0 Å². The van der Waals surface area contributed by atoms with E-state index in [0.29, 0.717) is 37.1 Å². The van der Waals surface area contributed by atoms with Crippen molar-refractivity contribution in [1.29, 1.82) is 0 Å². The lowest BCUT2D eigenvalue weighted by Crippen LogP contribution is -2.46. The van der Waals surface area contributed by atoms with Gasteiger partial charge in [0, 0.05) is 45.5 Å². The first-order chi connectivity index (χ1) is 13.5. The third-order valence-corrected chi connectivity index (χ3v) is 6.21. The number of rotatable bonds is 4. The molecule has 1 aromatic carbocycles. The van der Waals surface area contributed by atoms with Crippen LogP contribution in [0.5, 0.6) is 5.75 Å². The van der Waals surface area contributed by atoms with Gasteiger partial charge in [-0.05, 0) is 30.7 Å². The van der Waals surface area contributed by atoms with Crippen LogP contribution >= 0.6 is 11.8 Å². The molecule has 2 aliphatic rings. The second-order valence-electron chi connectivity index (χ2n) is 6.99. The molecule has 0 atom stereocenters. The van der Waals surface area contributed by atoms with Gasteiger partial charge in [-0.2, -0.15) is 0 Å². The van der Waals surface area contributed by atoms with Crippen molar-refractivity contribution in [1.82, 2.24) is 14.7 Å². The molecule has 3 rings (SSSR count). The highest BCUT2D eigenvalue weighted by Crippen LogP contribution is 2.28. The Labute approximate surface area is 169 Å². The van der Waals surface area contributed by atoms with Gasteiger partial charge in [0.15, 0.2) is 11.5 Å². The maximum atomic E-state index is 12.8. The summed E-state index contributed by atoms with van der Waals surface area (Å²) in [4.78, 5) is 34.6. The fourth-order valence-electron chi connectivity index (χ4n) is 3.52. The molecule has 0 unspecified atom stereocenters. The Kier molecular flexibility index (Phi) is 6.74. The molecule has 1 amide bonds. The minimum atomic E-state index is 0.00142. The Bertz CT molecular complexity index is 788. The van der Waals surface area contributed by atoms with Crippen molar-refractivity contribution in [2.24, 2.45) is 4.99 Å². The Balaban J connectivity index is 1.61. The van der Waals surface area contributed by atoms with Crippen LogP contribution in [0.25, 0.3) is 0 Å². The van der Waals surface area contributed by atoms with Crippen molar-refractivity contribution in [2.75, 3.05) is 45.5 Å². The summed E-state index contributed by atoms with van der Waals surface area (Å²) in [6.45, 7) is 8.41. The molecule has 0 saturated carbocycles. The topological polar surface area (TPSA) is 76.4 Å². The molecule has 2 aliphatic heterocycles. The van der Waals surface area contributed by atoms with Gasteiger partial charge >= 0.3 is 0 Å². The van der Waals surface area contributed by atoms with Gasteiger partial charge in [0.05, 0.1) is 11.3 Å². The molecule has 7 nitrogen and oxygen atoms in total. The smallest absolute Gasteiger partial charge is 0.233 e. The zero-order valence-corrected chi connectivity index (χ0v) is 17.0. The number of hydrogen-bond donors (Lipinski definition) is 1. The van der Waals surface area contributed by atoms with Crippen LogP contribution in [0.1, 0.15) is 21.5 Å². The van der Waals surface area contributed by atoms with Gasteiger partial charge in [-0.15, -0.1) is 0 Å². The van der Waals surface area contributed by atoms with E-state index in [2.05, 4.69) is 28.4 Å². The van der Waals surface area contributed by atoms with E-state index >= 15 is 0 Å². The molecule has 150 valence electrons. The normalized spacial score (nSPS) is 18.0. The van der Waals surface area contributed by atoms with Gasteiger partial charge in [0.25, 0.3) is 0 Å². The summed E-state index contributed by atoms with van der Waals surface area (Å²) >= 11 is 1.45. The predicted octanol–water partition coefficient (Wildman–Crippen LogP) is 1.57. The Morgan fingerprint density at radius 2 is 2.00 bits per heavy atom. The fourth-order valence-corrected chi connectivity index (χ4v) is 4.47. The number of benzene rings is 1. The Morgan fingerprint density at radius 1 is 1.25 bits per heavy atom. The molecular formula is C20H26N4O3S. The van der Waals surface area contributed by atoms with Crippen LogP contribution in [-0.2, 0) is 17.8 Å². The number of likely N-dealkylation sites (N-methyl/N-ethyl adjacent to an activating group) is 1. The molecule has 0 spiro atoms. The van der Waals surface area contributed by atoms with Crippen molar-refractivity contribution in [3.05, 3.63) is 41.6 Å². The molecule has 0 bridgehead atoms. The van der Waals surface area contributed by atoms with Gasteiger partial charge in [-0.1, -0.05) is 24.4 Å². The second kappa shape index (κ2) is 9.25. The number of hydrogen-bond acceptors (Lipinski definition) is 6. The van der Waals surface area contributed by atoms with Crippen LogP contribution in [-0.4, -0.2) is 82.7 Å². The summed E-state index contributed by atoms with van der Waals surface area (Å²) in [7, 11) is 2.10. The lowest BCUT2D eigenvalue weighted by atomic mass is 9.94. The number of carbonyl (C=O) groups excluding carboxylic acids is 2. The summed E-state index contributed by atoms with van der Waals surface area (Å²) in [5.41, 5.74) is 2.11. The first kappa shape index (κ1) is 20.4. The van der Waals surface area contributed by atoms with E-state index in [1.165, 1.54) is 24.0 Å². The number of carbonyl (C=O) groups is 2. The molecule has 1 saturated heterocycles. The summed E-state index contributed by atoms with van der Waals surface area (Å²) in [6, 6.07) is 3.31. The number of aromatic hydroxyl groups is 1. The zero-order chi connectivity index (χ0) is 20.1. The number of fused-ring (bicyclic) bond motifs is 1. The standard InChI is InChI=1S/C20H26N4O3S/c1-3-21-20(23-10-8-22(2)9-11-23)28-14-19(27)24-7-6-16-15(12-24)4-5-18(26)17(16)13-25/h3-5,13,26H,1,6-12,14H2,2H3. The Morgan fingerprint density at radius 3 is 2.68 bits per heavy atom. The van der Waals surface area contributed by atoms with E-state index < -0.39 is 0 Å². The number of thioether (sulfide) groups is 1. The highest BCUT2D eigenvalue weighted by Gasteiger charge is 2.25. The number of amides is 1. The lowest BCUT2D eigenvalue weighted by molar-refractivity contribution is -0.129. The minimum Gasteiger partial charge on any atom is -0.507 e. The van der Waals surface area contributed by atoms with E-state index in [-0.39, 0.29) is 11.7 Å². The summed E-state index contributed by atoms with van der Waals surface area (Å²) in [6.07, 6.45) is 2.78. The molecule has 0 aromatic heterocycles. The van der Waals surface area contributed by atoms with E-state index in [1.54, 1.807) is 11.0 Å². The highest BCUT2D eigenvalue weighted by molar-refractivity contribution is 8.14. The number of nitrogens with zero attached hydrogens (tertiary/aromatic N) is 4. The second-order valence-corrected chi connectivity index (χ2v) is 7.93. The van der Waals surface area contributed by atoms with E-state index in [1.807, 2.05) is 0 Å². The molecule has 1 aromatic rings. The van der Waals surface area contributed by atoms with Crippen LogP contribution in [0.3, 0.4) is 0 Å². The summed E-state index contributed by atoms with van der Waals surface area (Å²) in [5.74, 6) is 0.358. The van der Waals surface area contributed by atoms with E-state index in [0.717, 1.165) is 42.5 Å². The zero-order valence-electron chi connectivity index (χ0n) is 16.1. The van der Waals surface area contributed by atoms with Gasteiger partial charge in [0.2, 0.25) is 5.91 Å². The fraction of sp³-hybridized carbons (Fsp3) is 0.450. The highest BCUT2D eigenvalue weighted by atomic mass is 32.2. The van der Waals surface area contributed by atoms with Crippen molar-refractivity contribution in [2.45, 2.75) is 13.0 Å². The largest absolute Gasteiger partial charge is 0.507 e. The number of phenols is 1. The van der Waals surface area contributed by atoms with Crippen LogP contribution in [0.2, 0.25) is 0 Å². The quantitative estimate of drug-likeness (QED) is 0.468. The molecule has 28 heavy (non-hydrogen) atoms. The van der Waals surface area contributed by atoms with Crippen molar-refractivity contribution >= 4 is 29.1 Å². The first-order valence-corrected chi connectivity index (χ1v) is 10.3. The number of amidine groups is 1. The van der Waals surface area contributed by atoms with Crippen LogP contribution in [0.15, 0.2) is 29.9 Å². The number of aliphatic imine (C=N–C) groups is 1. The molecule has 2 heterocycles. The molecule has 1 fully saturated rings. The summed E-state index contributed by atoms with van der Waals surface area (Å²) < 4.78 is 0. The molecule has 0 radical (unpaired) electrons. The number of piperazine rings is 1. The number of aldehydes is 1. The molecule has 1 N–H and O–H groups in total. The molecule has 8 heteroatoms. The SMILES string of the molecule is C=CN=C(SCC(=O)N1CCc2c(ccc(O)c2C=O)C1)N1CCN(C)CC1. The van der Waals surface area contributed by atoms with Crippen LogP contribution in [0, 0.1) is 0 Å². The summed E-state index contributed by atoms with van der Waals surface area (Å²) in [5, 5.41) is 10.7.